The molecule has 0 saturated carbocycles. The monoisotopic (exact) mass is 293 g/mol. The molecule has 0 radical (unpaired) electrons. The number of benzene rings is 2. The van der Waals surface area contributed by atoms with Crippen molar-refractivity contribution < 1.29 is 4.79 Å². The lowest BCUT2D eigenvalue weighted by atomic mass is 9.84. The molecule has 2 heteroatoms. The quantitative estimate of drug-likeness (QED) is 0.806. The third kappa shape index (κ3) is 2.43. The van der Waals surface area contributed by atoms with Crippen LogP contribution in [0.3, 0.4) is 0 Å². The fraction of sp³-hybridized carbons (Fsp3) is 0.350. The van der Waals surface area contributed by atoms with Crippen LogP contribution in [0.2, 0.25) is 0 Å². The summed E-state index contributed by atoms with van der Waals surface area (Å²) in [5.74, 6) is 0.685. The maximum absolute atomic E-state index is 12.9. The Labute approximate surface area is 132 Å². The Balaban J connectivity index is 2.03. The second-order valence-electron chi connectivity index (χ2n) is 6.79. The minimum Gasteiger partial charge on any atom is -0.325 e. The Kier molecular flexibility index (Phi) is 3.78. The van der Waals surface area contributed by atoms with Crippen molar-refractivity contribution in [3.8, 4) is 0 Å². The van der Waals surface area contributed by atoms with Crippen LogP contribution in [0.1, 0.15) is 48.7 Å². The second kappa shape index (κ2) is 5.60. The van der Waals surface area contributed by atoms with Crippen molar-refractivity contribution in [2.75, 3.05) is 0 Å². The molecule has 2 nitrogen and oxygen atoms in total. The van der Waals surface area contributed by atoms with Crippen LogP contribution in [-0.4, -0.2) is 10.8 Å². The van der Waals surface area contributed by atoms with E-state index in [-0.39, 0.29) is 11.4 Å². The number of hydrogen-bond acceptors (Lipinski definition) is 1. The number of amides is 1. The zero-order chi connectivity index (χ0) is 15.7. The van der Waals surface area contributed by atoms with Crippen molar-refractivity contribution in [2.45, 2.75) is 39.3 Å². The lowest BCUT2D eigenvalue weighted by Crippen LogP contribution is -2.41. The van der Waals surface area contributed by atoms with Gasteiger partial charge in [-0.25, -0.2) is 0 Å². The Bertz CT molecular complexity index is 677. The van der Waals surface area contributed by atoms with Crippen LogP contribution in [0.4, 0.5) is 0 Å². The van der Waals surface area contributed by atoms with E-state index in [1.165, 1.54) is 11.1 Å². The predicted octanol–water partition coefficient (Wildman–Crippen LogP) is 4.60. The lowest BCUT2D eigenvalue weighted by molar-refractivity contribution is 0.0505. The first-order valence-corrected chi connectivity index (χ1v) is 7.98. The van der Waals surface area contributed by atoms with Gasteiger partial charge in [0.05, 0.1) is 5.54 Å². The molecule has 2 aromatic carbocycles. The highest BCUT2D eigenvalue weighted by atomic mass is 16.2. The molecule has 0 bridgehead atoms. The summed E-state index contributed by atoms with van der Waals surface area (Å²) in [5.41, 5.74) is 2.99. The summed E-state index contributed by atoms with van der Waals surface area (Å²) in [6.45, 7) is 7.31. The van der Waals surface area contributed by atoms with E-state index in [9.17, 15) is 4.79 Å². The molecule has 1 heterocycles. The molecule has 22 heavy (non-hydrogen) atoms. The van der Waals surface area contributed by atoms with Gasteiger partial charge in [-0.2, -0.15) is 0 Å². The predicted molar refractivity (Wildman–Crippen MR) is 89.6 cm³/mol. The first-order valence-electron chi connectivity index (χ1n) is 7.98. The molecule has 114 valence electrons. The van der Waals surface area contributed by atoms with Crippen molar-refractivity contribution >= 4 is 5.91 Å². The topological polar surface area (TPSA) is 20.3 Å². The largest absolute Gasteiger partial charge is 0.325 e. The highest BCUT2D eigenvalue weighted by Gasteiger charge is 2.45. The van der Waals surface area contributed by atoms with Crippen molar-refractivity contribution in [3.05, 3.63) is 71.3 Å². The standard InChI is InChI=1S/C20H23NO/c1-15(2)13-20(3)18-12-8-7-11-17(18)19(22)21(20)14-16-9-5-4-6-10-16/h4-12,15H,13-14H2,1-3H3/t20-/m1/s1. The molecule has 0 spiro atoms. The summed E-state index contributed by atoms with van der Waals surface area (Å²) in [6.07, 6.45) is 0.975. The van der Waals surface area contributed by atoms with Gasteiger partial charge in [0.25, 0.3) is 5.91 Å². The van der Waals surface area contributed by atoms with Gasteiger partial charge in [-0.15, -0.1) is 0 Å². The molecule has 1 aliphatic heterocycles. The van der Waals surface area contributed by atoms with Crippen molar-refractivity contribution in [3.63, 3.8) is 0 Å². The third-order valence-electron chi connectivity index (χ3n) is 4.57. The fourth-order valence-corrected chi connectivity index (χ4v) is 3.68. The fourth-order valence-electron chi connectivity index (χ4n) is 3.68. The van der Waals surface area contributed by atoms with E-state index in [4.69, 9.17) is 0 Å². The van der Waals surface area contributed by atoms with Gasteiger partial charge in [0.2, 0.25) is 0 Å². The summed E-state index contributed by atoms with van der Waals surface area (Å²) in [5, 5.41) is 0. The van der Waals surface area contributed by atoms with Crippen LogP contribution < -0.4 is 0 Å². The maximum Gasteiger partial charge on any atom is 0.255 e. The van der Waals surface area contributed by atoms with Crippen LogP contribution in [0, 0.1) is 5.92 Å². The van der Waals surface area contributed by atoms with Crippen LogP contribution in [-0.2, 0) is 12.1 Å². The highest BCUT2D eigenvalue weighted by molar-refractivity contribution is 5.99. The van der Waals surface area contributed by atoms with Crippen molar-refractivity contribution in [1.82, 2.24) is 4.90 Å². The lowest BCUT2D eigenvalue weighted by Gasteiger charge is -2.37. The summed E-state index contributed by atoms with van der Waals surface area (Å²) >= 11 is 0. The normalized spacial score (nSPS) is 20.5. The van der Waals surface area contributed by atoms with Gasteiger partial charge < -0.3 is 4.90 Å². The smallest absolute Gasteiger partial charge is 0.255 e. The van der Waals surface area contributed by atoms with Crippen LogP contribution in [0.5, 0.6) is 0 Å². The third-order valence-corrected chi connectivity index (χ3v) is 4.57. The van der Waals surface area contributed by atoms with E-state index in [0.717, 1.165) is 12.0 Å². The number of fused-ring (bicyclic) bond motifs is 1. The molecule has 0 fully saturated rings. The van der Waals surface area contributed by atoms with Gasteiger partial charge in [0.1, 0.15) is 0 Å². The number of rotatable bonds is 4. The number of hydrogen-bond donors (Lipinski definition) is 0. The first-order chi connectivity index (χ1) is 10.5. The van der Waals surface area contributed by atoms with Gasteiger partial charge in [-0.05, 0) is 36.5 Å². The van der Waals surface area contributed by atoms with E-state index < -0.39 is 0 Å². The van der Waals surface area contributed by atoms with Crippen molar-refractivity contribution in [2.24, 2.45) is 5.92 Å². The minimum atomic E-state index is -0.225. The van der Waals surface area contributed by atoms with Gasteiger partial charge in [0.15, 0.2) is 0 Å². The molecule has 0 aromatic heterocycles. The van der Waals surface area contributed by atoms with Crippen LogP contribution in [0.25, 0.3) is 0 Å². The molecule has 0 aliphatic carbocycles. The molecule has 3 rings (SSSR count). The van der Waals surface area contributed by atoms with Gasteiger partial charge in [-0.1, -0.05) is 62.4 Å². The molecule has 0 N–H and O–H groups in total. The van der Waals surface area contributed by atoms with Gasteiger partial charge >= 0.3 is 0 Å². The van der Waals surface area contributed by atoms with Gasteiger partial charge in [-0.3, -0.25) is 4.79 Å². The van der Waals surface area contributed by atoms with E-state index >= 15 is 0 Å². The summed E-state index contributed by atoms with van der Waals surface area (Å²) in [4.78, 5) is 15.0. The Morgan fingerprint density at radius 1 is 1.00 bits per heavy atom. The zero-order valence-corrected chi connectivity index (χ0v) is 13.5. The Morgan fingerprint density at radius 2 is 1.64 bits per heavy atom. The molecule has 2 aromatic rings. The summed E-state index contributed by atoms with van der Waals surface area (Å²) in [6, 6.07) is 18.3. The van der Waals surface area contributed by atoms with Gasteiger partial charge in [0, 0.05) is 12.1 Å². The minimum absolute atomic E-state index is 0.155. The number of nitrogens with zero attached hydrogens (tertiary/aromatic N) is 1. The molecule has 0 unspecified atom stereocenters. The average molecular weight is 293 g/mol. The first kappa shape index (κ1) is 14.8. The summed E-state index contributed by atoms with van der Waals surface area (Å²) in [7, 11) is 0. The maximum atomic E-state index is 12.9. The van der Waals surface area contributed by atoms with E-state index in [1.54, 1.807) is 0 Å². The summed E-state index contributed by atoms with van der Waals surface area (Å²) < 4.78 is 0. The average Bonchev–Trinajstić information content (AvgIpc) is 2.70. The molecular weight excluding hydrogens is 270 g/mol. The molecule has 1 atom stereocenters. The molecular formula is C20H23NO. The second-order valence-corrected chi connectivity index (χ2v) is 6.79. The molecule has 1 aliphatic rings. The Morgan fingerprint density at radius 3 is 2.32 bits per heavy atom. The van der Waals surface area contributed by atoms with E-state index in [1.807, 2.05) is 41.3 Å². The highest BCUT2D eigenvalue weighted by Crippen LogP contribution is 2.43. The van der Waals surface area contributed by atoms with E-state index in [2.05, 4.69) is 39.0 Å². The van der Waals surface area contributed by atoms with Crippen molar-refractivity contribution in [1.29, 1.82) is 0 Å². The molecule has 0 saturated heterocycles. The SMILES string of the molecule is CC(C)C[C@]1(C)c2ccccc2C(=O)N1Cc1ccccc1. The molecule has 1 amide bonds. The number of carbonyl (C=O) groups excluding carboxylic acids is 1. The van der Waals surface area contributed by atoms with E-state index in [0.29, 0.717) is 12.5 Å². The van der Waals surface area contributed by atoms with Crippen LogP contribution in [0.15, 0.2) is 54.6 Å². The Hall–Kier alpha value is -2.09. The zero-order valence-electron chi connectivity index (χ0n) is 13.5. The number of carbonyl (C=O) groups is 1. The van der Waals surface area contributed by atoms with Crippen LogP contribution >= 0.6 is 0 Å².